The van der Waals surface area contributed by atoms with E-state index in [1.807, 2.05) is 37.5 Å². The molecule has 0 aliphatic heterocycles. The molecule has 0 atom stereocenters. The lowest BCUT2D eigenvalue weighted by Gasteiger charge is -1.98. The summed E-state index contributed by atoms with van der Waals surface area (Å²) in [4.78, 5) is 12.6. The van der Waals surface area contributed by atoms with Gasteiger partial charge >= 0.3 is 0 Å². The van der Waals surface area contributed by atoms with Gasteiger partial charge in [-0.15, -0.1) is 0 Å². The molecule has 0 aliphatic rings. The first kappa shape index (κ1) is 11.9. The van der Waals surface area contributed by atoms with E-state index in [1.54, 1.807) is 12.4 Å². The highest BCUT2D eigenvalue weighted by Gasteiger charge is 1.98. The molecule has 0 bridgehead atoms. The highest BCUT2D eigenvalue weighted by molar-refractivity contribution is 9.10. The maximum atomic E-state index is 4.34. The van der Waals surface area contributed by atoms with Gasteiger partial charge in [0.25, 0.3) is 0 Å². The van der Waals surface area contributed by atoms with Crippen LogP contribution in [0.1, 0.15) is 11.1 Å². The second-order valence-corrected chi connectivity index (χ2v) is 4.54. The first-order chi connectivity index (χ1) is 8.25. The van der Waals surface area contributed by atoms with Gasteiger partial charge in [-0.25, -0.2) is 9.98 Å². The lowest BCUT2D eigenvalue weighted by molar-refractivity contribution is 1.20. The number of hydrogen-bond donors (Lipinski definition) is 0. The molecule has 2 rings (SSSR count). The molecule has 0 radical (unpaired) electrons. The molecule has 2 heterocycles. The maximum Gasteiger partial charge on any atom is 0.165 e. The molecule has 2 aromatic rings. The van der Waals surface area contributed by atoms with Gasteiger partial charge in [-0.1, -0.05) is 0 Å². The Morgan fingerprint density at radius 1 is 1.35 bits per heavy atom. The Morgan fingerprint density at radius 3 is 2.82 bits per heavy atom. The Hall–Kier alpha value is -1.55. The minimum absolute atomic E-state index is 0.713. The van der Waals surface area contributed by atoms with E-state index < -0.39 is 0 Å². The Morgan fingerprint density at radius 2 is 2.12 bits per heavy atom. The molecule has 0 amide bonds. The van der Waals surface area contributed by atoms with Crippen molar-refractivity contribution in [2.45, 2.75) is 13.3 Å². The Bertz CT molecular complexity index is 523. The normalized spacial score (nSPS) is 10.9. The fourth-order valence-corrected chi connectivity index (χ4v) is 1.94. The summed E-state index contributed by atoms with van der Waals surface area (Å²) in [6.07, 6.45) is 8.01. The second kappa shape index (κ2) is 5.68. The number of halogens is 1. The zero-order valence-corrected chi connectivity index (χ0v) is 11.1. The average molecular weight is 290 g/mol. The Kier molecular flexibility index (Phi) is 3.98. The molecule has 17 heavy (non-hydrogen) atoms. The number of aromatic nitrogens is 2. The predicted octanol–water partition coefficient (Wildman–Crippen LogP) is 3.49. The Labute approximate surface area is 109 Å². The minimum atomic E-state index is 0.713. The van der Waals surface area contributed by atoms with Crippen molar-refractivity contribution in [3.8, 4) is 0 Å². The average Bonchev–Trinajstić information content (AvgIpc) is 2.33. The van der Waals surface area contributed by atoms with Gasteiger partial charge in [-0.2, -0.15) is 0 Å². The zero-order valence-electron chi connectivity index (χ0n) is 9.47. The van der Waals surface area contributed by atoms with Crippen LogP contribution >= 0.6 is 15.9 Å². The van der Waals surface area contributed by atoms with Crippen LogP contribution in [-0.2, 0) is 6.42 Å². The molecule has 0 spiro atoms. The third-order valence-corrected chi connectivity index (χ3v) is 2.83. The van der Waals surface area contributed by atoms with Crippen LogP contribution in [0.2, 0.25) is 0 Å². The van der Waals surface area contributed by atoms with Crippen LogP contribution in [0.4, 0.5) is 5.82 Å². The summed E-state index contributed by atoms with van der Waals surface area (Å²) in [6, 6.07) is 5.96. The number of hydrogen-bond acceptors (Lipinski definition) is 3. The first-order valence-corrected chi connectivity index (χ1v) is 6.08. The van der Waals surface area contributed by atoms with E-state index in [4.69, 9.17) is 0 Å². The molecular formula is C13H12BrN3. The molecule has 0 N–H and O–H groups in total. The summed E-state index contributed by atoms with van der Waals surface area (Å²) in [5, 5.41) is 0. The number of rotatable bonds is 3. The molecule has 0 unspecified atom stereocenters. The maximum absolute atomic E-state index is 4.34. The molecule has 3 nitrogen and oxygen atoms in total. The van der Waals surface area contributed by atoms with Crippen LogP contribution in [0.5, 0.6) is 0 Å². The lowest BCUT2D eigenvalue weighted by atomic mass is 10.2. The van der Waals surface area contributed by atoms with Crippen molar-refractivity contribution in [2.24, 2.45) is 4.99 Å². The zero-order chi connectivity index (χ0) is 12.1. The van der Waals surface area contributed by atoms with E-state index in [9.17, 15) is 0 Å². The smallest absolute Gasteiger partial charge is 0.165 e. The molecular weight excluding hydrogens is 278 g/mol. The van der Waals surface area contributed by atoms with Gasteiger partial charge in [0.2, 0.25) is 0 Å². The molecule has 86 valence electrons. The third kappa shape index (κ3) is 3.46. The summed E-state index contributed by atoms with van der Waals surface area (Å²) in [6.45, 7) is 2.00. The van der Waals surface area contributed by atoms with E-state index in [1.165, 1.54) is 5.56 Å². The number of aryl methyl sites for hydroxylation is 1. The van der Waals surface area contributed by atoms with E-state index in [2.05, 4.69) is 30.9 Å². The number of nitrogens with zero attached hydrogens (tertiary/aromatic N) is 3. The summed E-state index contributed by atoms with van der Waals surface area (Å²) in [5.41, 5.74) is 2.30. The van der Waals surface area contributed by atoms with Crippen molar-refractivity contribution in [3.05, 3.63) is 52.4 Å². The van der Waals surface area contributed by atoms with Gasteiger partial charge < -0.3 is 0 Å². The van der Waals surface area contributed by atoms with Crippen LogP contribution in [-0.4, -0.2) is 16.2 Å². The molecule has 0 saturated carbocycles. The molecule has 0 aliphatic carbocycles. The van der Waals surface area contributed by atoms with Crippen molar-refractivity contribution >= 4 is 28.0 Å². The van der Waals surface area contributed by atoms with Crippen molar-refractivity contribution in [2.75, 3.05) is 0 Å². The van der Waals surface area contributed by atoms with Gasteiger partial charge in [0.05, 0.1) is 4.47 Å². The summed E-state index contributed by atoms with van der Waals surface area (Å²) < 4.78 is 0.920. The van der Waals surface area contributed by atoms with Crippen LogP contribution in [0.3, 0.4) is 0 Å². The van der Waals surface area contributed by atoms with Crippen molar-refractivity contribution in [3.63, 3.8) is 0 Å². The highest BCUT2D eigenvalue weighted by atomic mass is 79.9. The van der Waals surface area contributed by atoms with Gasteiger partial charge in [-0.3, -0.25) is 4.98 Å². The van der Waals surface area contributed by atoms with Gasteiger partial charge in [-0.05, 0) is 52.2 Å². The molecule has 4 heteroatoms. The standard InChI is InChI=1S/C13H12BrN3/c1-10-8-12(14)13(17-9-10)16-7-4-11-2-5-15-6-3-11/h2-3,5-9H,4H2,1H3. The minimum Gasteiger partial charge on any atom is -0.265 e. The molecule has 0 aromatic carbocycles. The fourth-order valence-electron chi connectivity index (χ4n) is 1.38. The summed E-state index contributed by atoms with van der Waals surface area (Å²) in [7, 11) is 0. The fraction of sp³-hybridized carbons (Fsp3) is 0.154. The topological polar surface area (TPSA) is 38.1 Å². The van der Waals surface area contributed by atoms with Crippen LogP contribution in [0, 0.1) is 6.92 Å². The number of aliphatic imine (C=N–C) groups is 1. The quantitative estimate of drug-likeness (QED) is 0.811. The summed E-state index contributed by atoms with van der Waals surface area (Å²) in [5.74, 6) is 0.713. The van der Waals surface area contributed by atoms with Crippen LogP contribution in [0.25, 0.3) is 0 Å². The van der Waals surface area contributed by atoms with Crippen LogP contribution in [0.15, 0.2) is 46.3 Å². The van der Waals surface area contributed by atoms with E-state index >= 15 is 0 Å². The van der Waals surface area contributed by atoms with Gasteiger partial charge in [0.15, 0.2) is 5.82 Å². The van der Waals surface area contributed by atoms with Gasteiger partial charge in [0.1, 0.15) is 0 Å². The first-order valence-electron chi connectivity index (χ1n) is 5.29. The van der Waals surface area contributed by atoms with E-state index in [-0.39, 0.29) is 0 Å². The van der Waals surface area contributed by atoms with Crippen molar-refractivity contribution < 1.29 is 0 Å². The van der Waals surface area contributed by atoms with Crippen molar-refractivity contribution in [1.29, 1.82) is 0 Å². The Balaban J connectivity index is 2.06. The van der Waals surface area contributed by atoms with E-state index in [0.29, 0.717) is 5.82 Å². The van der Waals surface area contributed by atoms with E-state index in [0.717, 1.165) is 16.5 Å². The van der Waals surface area contributed by atoms with Crippen LogP contribution < -0.4 is 0 Å². The third-order valence-electron chi connectivity index (χ3n) is 2.25. The lowest BCUT2D eigenvalue weighted by Crippen LogP contribution is -1.87. The second-order valence-electron chi connectivity index (χ2n) is 3.69. The summed E-state index contributed by atoms with van der Waals surface area (Å²) >= 11 is 3.45. The predicted molar refractivity (Wildman–Crippen MR) is 72.8 cm³/mol. The molecule has 0 fully saturated rings. The monoisotopic (exact) mass is 289 g/mol. The largest absolute Gasteiger partial charge is 0.265 e. The van der Waals surface area contributed by atoms with Gasteiger partial charge in [0, 0.05) is 31.2 Å². The molecule has 2 aromatic heterocycles. The van der Waals surface area contributed by atoms with Crippen molar-refractivity contribution in [1.82, 2.24) is 9.97 Å². The number of pyridine rings is 2. The molecule has 0 saturated heterocycles. The SMILES string of the molecule is Cc1cnc(N=CCc2ccncc2)c(Br)c1. The highest BCUT2D eigenvalue weighted by Crippen LogP contribution is 2.22.